The number of carbonyl (C=O) groups is 2. The lowest BCUT2D eigenvalue weighted by Gasteiger charge is -2.25. The lowest BCUT2D eigenvalue weighted by Crippen LogP contribution is -2.32. The maximum absolute atomic E-state index is 13.1. The molecule has 35 heavy (non-hydrogen) atoms. The minimum absolute atomic E-state index is 0.0373. The first-order chi connectivity index (χ1) is 16.9. The summed E-state index contributed by atoms with van der Waals surface area (Å²) in [4.78, 5) is 27.4. The average Bonchev–Trinajstić information content (AvgIpc) is 3.13. The molecule has 1 unspecified atom stereocenters. The van der Waals surface area contributed by atoms with Crippen LogP contribution in [0, 0.1) is 0 Å². The van der Waals surface area contributed by atoms with E-state index in [2.05, 4.69) is 0 Å². The van der Waals surface area contributed by atoms with Crippen LogP contribution in [0.25, 0.3) is 5.76 Å². The van der Waals surface area contributed by atoms with E-state index in [-0.39, 0.29) is 35.1 Å². The van der Waals surface area contributed by atoms with Gasteiger partial charge >= 0.3 is 0 Å². The zero-order valence-corrected chi connectivity index (χ0v) is 20.4. The Kier molecular flexibility index (Phi) is 7.76. The standard InChI is InChI=1S/C27H23Cl2NO5/c1-34-13-12-30-24(18-8-5-9-20(14-18)35-16-17-6-3-2-4-7-17)23(26(32)27(30)33)25(31)19-10-11-21(28)22(29)15-19/h2-11,14-15,24,31H,12-13,16H2,1H3/b25-23-. The summed E-state index contributed by atoms with van der Waals surface area (Å²) in [6.45, 7) is 0.747. The van der Waals surface area contributed by atoms with E-state index in [1.807, 2.05) is 30.3 Å². The number of aliphatic hydroxyl groups excluding tert-OH is 1. The van der Waals surface area contributed by atoms with Crippen molar-refractivity contribution < 1.29 is 24.2 Å². The van der Waals surface area contributed by atoms with Crippen molar-refractivity contribution in [3.8, 4) is 5.75 Å². The van der Waals surface area contributed by atoms with E-state index in [0.29, 0.717) is 22.9 Å². The Labute approximate surface area is 213 Å². The topological polar surface area (TPSA) is 76.1 Å². The summed E-state index contributed by atoms with van der Waals surface area (Å²) in [5, 5.41) is 11.7. The van der Waals surface area contributed by atoms with Crippen LogP contribution in [0.1, 0.15) is 22.7 Å². The molecule has 1 N–H and O–H groups in total. The molecule has 0 saturated carbocycles. The molecular weight excluding hydrogens is 489 g/mol. The van der Waals surface area contributed by atoms with E-state index in [1.54, 1.807) is 30.3 Å². The van der Waals surface area contributed by atoms with Gasteiger partial charge in [0.25, 0.3) is 11.7 Å². The molecule has 1 aliphatic heterocycles. The minimum atomic E-state index is -0.833. The number of nitrogens with zero attached hydrogens (tertiary/aromatic N) is 1. The fourth-order valence-corrected chi connectivity index (χ4v) is 4.26. The Bertz CT molecular complexity index is 1280. The van der Waals surface area contributed by atoms with Gasteiger partial charge in [-0.25, -0.2) is 0 Å². The van der Waals surface area contributed by atoms with E-state index in [0.717, 1.165) is 5.56 Å². The molecule has 0 aromatic heterocycles. The van der Waals surface area contributed by atoms with Crippen LogP contribution in [-0.2, 0) is 20.9 Å². The van der Waals surface area contributed by atoms with Crippen molar-refractivity contribution in [3.63, 3.8) is 0 Å². The molecule has 180 valence electrons. The predicted octanol–water partition coefficient (Wildman–Crippen LogP) is 5.64. The van der Waals surface area contributed by atoms with Gasteiger partial charge in [0.15, 0.2) is 0 Å². The molecule has 3 aromatic rings. The van der Waals surface area contributed by atoms with Crippen molar-refractivity contribution in [3.05, 3.63) is 105 Å². The largest absolute Gasteiger partial charge is 0.507 e. The molecule has 8 heteroatoms. The summed E-state index contributed by atoms with van der Waals surface area (Å²) in [6, 6.07) is 20.5. The Morgan fingerprint density at radius 2 is 1.74 bits per heavy atom. The highest BCUT2D eigenvalue weighted by Crippen LogP contribution is 2.40. The van der Waals surface area contributed by atoms with E-state index >= 15 is 0 Å². The van der Waals surface area contributed by atoms with Crippen LogP contribution >= 0.6 is 23.2 Å². The molecule has 6 nitrogen and oxygen atoms in total. The Balaban J connectivity index is 1.75. The minimum Gasteiger partial charge on any atom is -0.507 e. The lowest BCUT2D eigenvalue weighted by molar-refractivity contribution is -0.140. The molecule has 1 aliphatic rings. The highest BCUT2D eigenvalue weighted by Gasteiger charge is 2.46. The van der Waals surface area contributed by atoms with E-state index < -0.39 is 17.7 Å². The van der Waals surface area contributed by atoms with Crippen LogP contribution in [0.5, 0.6) is 5.75 Å². The molecule has 1 saturated heterocycles. The summed E-state index contributed by atoms with van der Waals surface area (Å²) in [6.07, 6.45) is 0. The summed E-state index contributed by atoms with van der Waals surface area (Å²) in [5.41, 5.74) is 1.87. The van der Waals surface area contributed by atoms with Crippen LogP contribution < -0.4 is 4.74 Å². The molecule has 4 rings (SSSR count). The lowest BCUT2D eigenvalue weighted by atomic mass is 9.95. The van der Waals surface area contributed by atoms with E-state index in [1.165, 1.54) is 24.1 Å². The smallest absolute Gasteiger partial charge is 0.295 e. The van der Waals surface area contributed by atoms with E-state index in [4.69, 9.17) is 32.7 Å². The molecule has 0 radical (unpaired) electrons. The number of Topliss-reactive ketones (excluding diaryl/α,β-unsaturated/α-hetero) is 1. The van der Waals surface area contributed by atoms with Crippen LogP contribution in [0.3, 0.4) is 0 Å². The van der Waals surface area contributed by atoms with Crippen molar-refractivity contribution in [2.75, 3.05) is 20.3 Å². The van der Waals surface area contributed by atoms with Gasteiger partial charge in [-0.2, -0.15) is 0 Å². The summed E-state index contributed by atoms with van der Waals surface area (Å²) >= 11 is 12.1. The van der Waals surface area contributed by atoms with Crippen molar-refractivity contribution >= 4 is 40.7 Å². The second kappa shape index (κ2) is 11.0. The van der Waals surface area contributed by atoms with Gasteiger partial charge in [0.05, 0.1) is 28.3 Å². The number of ether oxygens (including phenoxy) is 2. The Hall–Kier alpha value is -3.32. The third kappa shape index (κ3) is 5.35. The van der Waals surface area contributed by atoms with Gasteiger partial charge < -0.3 is 19.5 Å². The SMILES string of the molecule is COCCN1C(=O)C(=O)/C(=C(\O)c2ccc(Cl)c(Cl)c2)C1c1cccc(OCc2ccccc2)c1. The van der Waals surface area contributed by atoms with Crippen molar-refractivity contribution in [1.29, 1.82) is 0 Å². The van der Waals surface area contributed by atoms with Gasteiger partial charge in [0.2, 0.25) is 0 Å². The van der Waals surface area contributed by atoms with E-state index in [9.17, 15) is 14.7 Å². The second-order valence-corrected chi connectivity index (χ2v) is 8.78. The summed E-state index contributed by atoms with van der Waals surface area (Å²) in [5.74, 6) is -1.27. The van der Waals surface area contributed by atoms with Crippen LogP contribution in [0.15, 0.2) is 78.4 Å². The third-order valence-corrected chi connectivity index (χ3v) is 6.43. The predicted molar refractivity (Wildman–Crippen MR) is 135 cm³/mol. The number of hydrogen-bond donors (Lipinski definition) is 1. The van der Waals surface area contributed by atoms with Gasteiger partial charge in [-0.15, -0.1) is 0 Å². The van der Waals surface area contributed by atoms with Crippen LogP contribution in [0.4, 0.5) is 0 Å². The fraction of sp³-hybridized carbons (Fsp3) is 0.185. The van der Waals surface area contributed by atoms with Crippen molar-refractivity contribution in [1.82, 2.24) is 4.90 Å². The van der Waals surface area contributed by atoms with Gasteiger partial charge in [0.1, 0.15) is 18.1 Å². The fourth-order valence-electron chi connectivity index (χ4n) is 3.96. The highest BCUT2D eigenvalue weighted by atomic mass is 35.5. The number of methoxy groups -OCH3 is 1. The summed E-state index contributed by atoms with van der Waals surface area (Å²) in [7, 11) is 1.51. The van der Waals surface area contributed by atoms with Crippen molar-refractivity contribution in [2.24, 2.45) is 0 Å². The quantitative estimate of drug-likeness (QED) is 0.240. The van der Waals surface area contributed by atoms with Crippen LogP contribution in [-0.4, -0.2) is 42.0 Å². The number of hydrogen-bond acceptors (Lipinski definition) is 5. The van der Waals surface area contributed by atoms with Gasteiger partial charge in [-0.05, 0) is 41.5 Å². The Morgan fingerprint density at radius 3 is 2.46 bits per heavy atom. The first-order valence-electron chi connectivity index (χ1n) is 10.9. The second-order valence-electron chi connectivity index (χ2n) is 7.96. The van der Waals surface area contributed by atoms with Crippen LogP contribution in [0.2, 0.25) is 10.0 Å². The molecule has 1 heterocycles. The summed E-state index contributed by atoms with van der Waals surface area (Å²) < 4.78 is 11.1. The monoisotopic (exact) mass is 511 g/mol. The first-order valence-corrected chi connectivity index (χ1v) is 11.7. The number of rotatable bonds is 8. The number of amides is 1. The van der Waals surface area contributed by atoms with Gasteiger partial charge in [-0.1, -0.05) is 65.7 Å². The zero-order chi connectivity index (χ0) is 24.9. The number of halogens is 2. The zero-order valence-electron chi connectivity index (χ0n) is 18.9. The molecule has 1 fully saturated rings. The number of ketones is 1. The third-order valence-electron chi connectivity index (χ3n) is 5.69. The Morgan fingerprint density at radius 1 is 0.971 bits per heavy atom. The number of carbonyl (C=O) groups excluding carboxylic acids is 2. The van der Waals surface area contributed by atoms with Gasteiger partial charge in [0, 0.05) is 19.2 Å². The molecule has 0 bridgehead atoms. The maximum atomic E-state index is 13.1. The molecular formula is C27H23Cl2NO5. The molecule has 1 amide bonds. The molecule has 0 spiro atoms. The number of aliphatic hydroxyl groups is 1. The number of likely N-dealkylation sites (tertiary alicyclic amines) is 1. The van der Waals surface area contributed by atoms with Crippen molar-refractivity contribution in [2.45, 2.75) is 12.6 Å². The number of benzene rings is 3. The molecule has 1 atom stereocenters. The average molecular weight is 512 g/mol. The highest BCUT2D eigenvalue weighted by molar-refractivity contribution is 6.46. The van der Waals surface area contributed by atoms with Gasteiger partial charge in [-0.3, -0.25) is 9.59 Å². The molecule has 3 aromatic carbocycles. The first kappa shape index (κ1) is 24.8. The normalized spacial score (nSPS) is 17.1. The maximum Gasteiger partial charge on any atom is 0.295 e. The molecule has 0 aliphatic carbocycles.